The largest absolute Gasteiger partial charge is 0.493 e. The van der Waals surface area contributed by atoms with Crippen LogP contribution in [-0.2, 0) is 0 Å². The summed E-state index contributed by atoms with van der Waals surface area (Å²) in [5, 5.41) is 27.0. The third-order valence-corrected chi connectivity index (χ3v) is 6.12. The molecule has 1 saturated carbocycles. The SMILES string of the molecule is CCC(O)(CC=C=CC[C@H]1CCC[C@@H]1/C=C/CCOc1ccccc1)C(O)(O)S. The van der Waals surface area contributed by atoms with E-state index in [-0.39, 0.29) is 12.8 Å². The van der Waals surface area contributed by atoms with E-state index < -0.39 is 10.7 Å². The fourth-order valence-electron chi connectivity index (χ4n) is 3.69. The number of benzene rings is 1. The summed E-state index contributed by atoms with van der Waals surface area (Å²) >= 11 is 3.68. The Morgan fingerprint density at radius 2 is 1.93 bits per heavy atom. The molecule has 4 nitrogen and oxygen atoms in total. The Bertz CT molecular complexity index is 689. The normalized spacial score (nSPS) is 21.6. The van der Waals surface area contributed by atoms with Crippen molar-refractivity contribution in [2.24, 2.45) is 11.8 Å². The first-order chi connectivity index (χ1) is 13.9. The summed E-state index contributed by atoms with van der Waals surface area (Å²) in [6, 6.07) is 9.86. The Morgan fingerprint density at radius 1 is 1.17 bits per heavy atom. The van der Waals surface area contributed by atoms with Gasteiger partial charge in [-0.15, -0.1) is 18.4 Å². The molecule has 2 rings (SSSR count). The first-order valence-corrected chi connectivity index (χ1v) is 10.9. The highest BCUT2D eigenvalue weighted by molar-refractivity contribution is 7.81. The number of hydrogen-bond donors (Lipinski definition) is 4. The molecule has 160 valence electrons. The molecule has 0 spiro atoms. The van der Waals surface area contributed by atoms with Crippen LogP contribution < -0.4 is 4.74 Å². The number of ether oxygens (including phenoxy) is 1. The van der Waals surface area contributed by atoms with Crippen molar-refractivity contribution in [1.82, 2.24) is 0 Å². The number of rotatable bonds is 11. The molecule has 1 fully saturated rings. The number of aliphatic hydroxyl groups is 3. The molecular formula is C24H34O4S. The van der Waals surface area contributed by atoms with Crippen LogP contribution in [0.1, 0.15) is 51.9 Å². The molecule has 0 heterocycles. The first kappa shape index (κ1) is 23.8. The van der Waals surface area contributed by atoms with Crippen LogP contribution in [0.3, 0.4) is 0 Å². The van der Waals surface area contributed by atoms with Gasteiger partial charge in [0.2, 0.25) is 5.12 Å². The zero-order chi connectivity index (χ0) is 21.2. The smallest absolute Gasteiger partial charge is 0.240 e. The summed E-state index contributed by atoms with van der Waals surface area (Å²) in [6.45, 7) is 2.37. The lowest BCUT2D eigenvalue weighted by molar-refractivity contribution is -0.209. The zero-order valence-electron chi connectivity index (χ0n) is 17.2. The molecular weight excluding hydrogens is 384 g/mol. The minimum atomic E-state index is -2.43. The average molecular weight is 419 g/mol. The number of hydrogen-bond acceptors (Lipinski definition) is 5. The number of thiol groups is 1. The lowest BCUT2D eigenvalue weighted by Gasteiger charge is -2.34. The summed E-state index contributed by atoms with van der Waals surface area (Å²) in [5.41, 5.74) is 1.40. The van der Waals surface area contributed by atoms with Gasteiger partial charge in [0.15, 0.2) is 0 Å². The lowest BCUT2D eigenvalue weighted by Crippen LogP contribution is -2.49. The van der Waals surface area contributed by atoms with Crippen LogP contribution in [0.15, 0.2) is 60.4 Å². The van der Waals surface area contributed by atoms with E-state index in [1.54, 1.807) is 13.0 Å². The third kappa shape index (κ3) is 7.69. The van der Waals surface area contributed by atoms with Crippen LogP contribution in [0.2, 0.25) is 0 Å². The fourth-order valence-corrected chi connectivity index (χ4v) is 3.94. The maximum atomic E-state index is 10.2. The molecule has 3 N–H and O–H groups in total. The van der Waals surface area contributed by atoms with Gasteiger partial charge in [-0.05, 0) is 68.2 Å². The Hall–Kier alpha value is -1.49. The van der Waals surface area contributed by atoms with Gasteiger partial charge < -0.3 is 20.1 Å². The quantitative estimate of drug-likeness (QED) is 0.139. The second-order valence-electron chi connectivity index (χ2n) is 7.77. The van der Waals surface area contributed by atoms with Gasteiger partial charge in [0.05, 0.1) is 6.61 Å². The van der Waals surface area contributed by atoms with Gasteiger partial charge in [-0.1, -0.05) is 43.7 Å². The van der Waals surface area contributed by atoms with Crippen molar-refractivity contribution in [3.63, 3.8) is 0 Å². The molecule has 29 heavy (non-hydrogen) atoms. The minimum absolute atomic E-state index is 0.0892. The van der Waals surface area contributed by atoms with E-state index in [1.807, 2.05) is 36.4 Å². The lowest BCUT2D eigenvalue weighted by atomic mass is 9.92. The first-order valence-electron chi connectivity index (χ1n) is 10.5. The summed E-state index contributed by atoms with van der Waals surface area (Å²) in [5.74, 6) is 2.09. The van der Waals surface area contributed by atoms with E-state index in [1.165, 1.54) is 19.3 Å². The summed E-state index contributed by atoms with van der Waals surface area (Å²) in [6.07, 6.45) is 14.0. The molecule has 1 aliphatic rings. The highest BCUT2D eigenvalue weighted by Gasteiger charge is 2.43. The third-order valence-electron chi connectivity index (χ3n) is 5.70. The predicted molar refractivity (Wildman–Crippen MR) is 120 cm³/mol. The molecule has 0 amide bonds. The molecule has 1 aromatic rings. The van der Waals surface area contributed by atoms with E-state index >= 15 is 0 Å². The van der Waals surface area contributed by atoms with Crippen LogP contribution in [0.25, 0.3) is 0 Å². The van der Waals surface area contributed by atoms with E-state index in [9.17, 15) is 15.3 Å². The monoisotopic (exact) mass is 418 g/mol. The van der Waals surface area contributed by atoms with E-state index in [0.717, 1.165) is 18.6 Å². The topological polar surface area (TPSA) is 69.9 Å². The zero-order valence-corrected chi connectivity index (χ0v) is 18.1. The Morgan fingerprint density at radius 3 is 2.62 bits per heavy atom. The van der Waals surface area contributed by atoms with Gasteiger partial charge >= 0.3 is 0 Å². The standard InChI is InChI=1S/C24H34O4S/c1-2-23(25,24(26,27)29)18-9-4-5-12-20-14-11-15-21(20)13-8-10-19-28-22-16-6-3-7-17-22/h3,5-9,13,16-17,20-21,25-27,29H,2,10-12,14-15,18-19H2,1H3/b13-8+/t4?,20-,21-,23?/m0/s1. The summed E-state index contributed by atoms with van der Waals surface area (Å²) in [7, 11) is 0. The van der Waals surface area contributed by atoms with Crippen LogP contribution >= 0.6 is 12.6 Å². The van der Waals surface area contributed by atoms with Gasteiger partial charge in [-0.25, -0.2) is 0 Å². The molecule has 1 aromatic carbocycles. The Balaban J connectivity index is 1.75. The highest BCUT2D eigenvalue weighted by atomic mass is 32.1. The van der Waals surface area contributed by atoms with Crippen molar-refractivity contribution in [1.29, 1.82) is 0 Å². The van der Waals surface area contributed by atoms with Crippen molar-refractivity contribution < 1.29 is 20.1 Å². The number of para-hydroxylation sites is 1. The molecule has 0 aliphatic heterocycles. The van der Waals surface area contributed by atoms with Crippen LogP contribution in [0.4, 0.5) is 0 Å². The molecule has 3 atom stereocenters. The van der Waals surface area contributed by atoms with Crippen LogP contribution in [0.5, 0.6) is 5.75 Å². The van der Waals surface area contributed by atoms with Gasteiger partial charge in [0, 0.05) is 6.42 Å². The molecule has 0 bridgehead atoms. The molecule has 0 radical (unpaired) electrons. The highest BCUT2D eigenvalue weighted by Crippen LogP contribution is 2.35. The van der Waals surface area contributed by atoms with Crippen molar-refractivity contribution in [3.05, 3.63) is 60.4 Å². The summed E-state index contributed by atoms with van der Waals surface area (Å²) < 4.78 is 5.72. The molecule has 5 heteroatoms. The fraction of sp³-hybridized carbons (Fsp3) is 0.542. The van der Waals surface area contributed by atoms with Gasteiger partial charge in [0.25, 0.3) is 0 Å². The van der Waals surface area contributed by atoms with Crippen molar-refractivity contribution in [2.45, 2.75) is 62.6 Å². The Labute approximate surface area is 180 Å². The van der Waals surface area contributed by atoms with E-state index in [0.29, 0.717) is 18.4 Å². The van der Waals surface area contributed by atoms with Gasteiger partial charge in [-0.3, -0.25) is 0 Å². The second kappa shape index (κ2) is 11.6. The molecule has 0 saturated heterocycles. The Kier molecular flexibility index (Phi) is 9.54. The van der Waals surface area contributed by atoms with Crippen molar-refractivity contribution >= 4 is 12.6 Å². The number of allylic oxidation sites excluding steroid dienone is 1. The van der Waals surface area contributed by atoms with Crippen LogP contribution in [-0.4, -0.2) is 32.6 Å². The van der Waals surface area contributed by atoms with Gasteiger partial charge in [0.1, 0.15) is 11.4 Å². The minimum Gasteiger partial charge on any atom is -0.493 e. The average Bonchev–Trinajstić information content (AvgIpc) is 3.14. The maximum Gasteiger partial charge on any atom is 0.240 e. The molecule has 0 aromatic heterocycles. The maximum absolute atomic E-state index is 10.2. The van der Waals surface area contributed by atoms with E-state index in [4.69, 9.17) is 4.74 Å². The van der Waals surface area contributed by atoms with E-state index in [2.05, 4.69) is 30.5 Å². The van der Waals surface area contributed by atoms with Crippen LogP contribution in [0, 0.1) is 11.8 Å². The molecule has 1 aliphatic carbocycles. The predicted octanol–water partition coefficient (Wildman–Crippen LogP) is 4.63. The second-order valence-corrected chi connectivity index (χ2v) is 8.39. The summed E-state index contributed by atoms with van der Waals surface area (Å²) in [4.78, 5) is 0. The van der Waals surface area contributed by atoms with Crippen molar-refractivity contribution in [3.8, 4) is 5.75 Å². The van der Waals surface area contributed by atoms with Crippen molar-refractivity contribution in [2.75, 3.05) is 6.61 Å². The van der Waals surface area contributed by atoms with Gasteiger partial charge in [-0.2, -0.15) is 0 Å². The molecule has 1 unspecified atom stereocenters.